The van der Waals surface area contributed by atoms with Crippen molar-refractivity contribution < 1.29 is 28.6 Å². The third-order valence-electron chi connectivity index (χ3n) is 11.1. The first-order valence-electron chi connectivity index (χ1n) is 27.7. The van der Waals surface area contributed by atoms with E-state index >= 15 is 0 Å². The van der Waals surface area contributed by atoms with Crippen molar-refractivity contribution in [3.63, 3.8) is 0 Å². The van der Waals surface area contributed by atoms with Crippen LogP contribution in [0.4, 0.5) is 0 Å². The van der Waals surface area contributed by atoms with Gasteiger partial charge in [-0.2, -0.15) is 0 Å². The molecule has 0 N–H and O–H groups in total. The second-order valence-corrected chi connectivity index (χ2v) is 17.7. The summed E-state index contributed by atoms with van der Waals surface area (Å²) in [6.45, 7) is 6.37. The van der Waals surface area contributed by atoms with E-state index in [2.05, 4.69) is 154 Å². The van der Waals surface area contributed by atoms with Crippen molar-refractivity contribution in [2.24, 2.45) is 0 Å². The summed E-state index contributed by atoms with van der Waals surface area (Å²) in [6.07, 6.45) is 78.6. The Bertz CT molecular complexity index is 1510. The molecule has 0 aromatic heterocycles. The van der Waals surface area contributed by atoms with Gasteiger partial charge in [-0.25, -0.2) is 0 Å². The van der Waals surface area contributed by atoms with Crippen LogP contribution in [0.3, 0.4) is 0 Å². The van der Waals surface area contributed by atoms with Crippen molar-refractivity contribution in [2.75, 3.05) is 13.2 Å². The minimum absolute atomic E-state index is 0.122. The van der Waals surface area contributed by atoms with Crippen molar-refractivity contribution in [3.8, 4) is 0 Å². The SMILES string of the molecule is CC/C=C\C/C=C\C/C=C\C/C=C\CCCCC(=O)O[C@H](COC(=O)CCCCC/C=C\C/C=C\C/C=C\C/C=C\CCCCC)COC(=O)CCCCCC/C=C\C/C=C\C/C=C\CCCCC. The quantitative estimate of drug-likeness (QED) is 0.0262. The molecule has 1 atom stereocenters. The van der Waals surface area contributed by atoms with Crippen molar-refractivity contribution in [1.82, 2.24) is 0 Å². The highest BCUT2D eigenvalue weighted by Crippen LogP contribution is 2.11. The van der Waals surface area contributed by atoms with E-state index in [4.69, 9.17) is 14.2 Å². The normalized spacial score (nSPS) is 13.1. The number of ether oxygens (including phenoxy) is 3. The van der Waals surface area contributed by atoms with Crippen LogP contribution < -0.4 is 0 Å². The first-order chi connectivity index (χ1) is 34.0. The molecule has 0 aliphatic heterocycles. The van der Waals surface area contributed by atoms with Crippen molar-refractivity contribution in [1.29, 1.82) is 0 Å². The average molecular weight is 953 g/mol. The van der Waals surface area contributed by atoms with Gasteiger partial charge in [-0.1, -0.05) is 199 Å². The van der Waals surface area contributed by atoms with Gasteiger partial charge < -0.3 is 14.2 Å². The molecule has 0 heterocycles. The van der Waals surface area contributed by atoms with Crippen molar-refractivity contribution >= 4 is 17.9 Å². The molecule has 0 saturated heterocycles. The van der Waals surface area contributed by atoms with E-state index in [1.54, 1.807) is 0 Å². The zero-order chi connectivity index (χ0) is 50.0. The Kier molecular flexibility index (Phi) is 52.5. The monoisotopic (exact) mass is 953 g/mol. The Balaban J connectivity index is 4.57. The maximum atomic E-state index is 12.8. The summed E-state index contributed by atoms with van der Waals surface area (Å²) < 4.78 is 16.8. The van der Waals surface area contributed by atoms with Gasteiger partial charge in [0.15, 0.2) is 6.10 Å². The van der Waals surface area contributed by atoms with Crippen LogP contribution in [0.15, 0.2) is 134 Å². The molecule has 6 nitrogen and oxygen atoms in total. The molecule has 0 amide bonds. The molecule has 0 saturated carbocycles. The van der Waals surface area contributed by atoms with E-state index in [-0.39, 0.29) is 37.5 Å². The number of unbranched alkanes of at least 4 members (excludes halogenated alkanes) is 15. The van der Waals surface area contributed by atoms with E-state index in [0.29, 0.717) is 19.3 Å². The molecular weight excluding hydrogens is 853 g/mol. The summed E-state index contributed by atoms with van der Waals surface area (Å²) in [5.74, 6) is -1.02. The molecule has 0 unspecified atom stereocenters. The molecule has 0 radical (unpaired) electrons. The molecule has 6 heteroatoms. The van der Waals surface area contributed by atoms with Crippen LogP contribution in [0.25, 0.3) is 0 Å². The molecule has 0 bridgehead atoms. The summed E-state index contributed by atoms with van der Waals surface area (Å²) in [6, 6.07) is 0. The fourth-order valence-electron chi connectivity index (χ4n) is 6.95. The molecule has 0 fully saturated rings. The highest BCUT2D eigenvalue weighted by Gasteiger charge is 2.19. The average Bonchev–Trinajstić information content (AvgIpc) is 3.35. The minimum Gasteiger partial charge on any atom is -0.462 e. The Morgan fingerprint density at radius 1 is 0.304 bits per heavy atom. The van der Waals surface area contributed by atoms with E-state index in [0.717, 1.165) is 128 Å². The highest BCUT2D eigenvalue weighted by atomic mass is 16.6. The summed E-state index contributed by atoms with van der Waals surface area (Å²) in [5.41, 5.74) is 0. The van der Waals surface area contributed by atoms with Crippen LogP contribution in [-0.4, -0.2) is 37.2 Å². The molecular formula is C63H100O6. The van der Waals surface area contributed by atoms with Crippen LogP contribution in [0.2, 0.25) is 0 Å². The number of hydrogen-bond acceptors (Lipinski definition) is 6. The summed E-state index contributed by atoms with van der Waals surface area (Å²) in [5, 5.41) is 0. The molecule has 69 heavy (non-hydrogen) atoms. The predicted molar refractivity (Wildman–Crippen MR) is 297 cm³/mol. The van der Waals surface area contributed by atoms with E-state index in [1.165, 1.54) is 51.4 Å². The number of hydrogen-bond donors (Lipinski definition) is 0. The van der Waals surface area contributed by atoms with Crippen molar-refractivity contribution in [3.05, 3.63) is 134 Å². The molecule has 388 valence electrons. The number of rotatable bonds is 48. The molecule has 0 spiro atoms. The van der Waals surface area contributed by atoms with Gasteiger partial charge in [0.2, 0.25) is 0 Å². The summed E-state index contributed by atoms with van der Waals surface area (Å²) in [7, 11) is 0. The number of carbonyl (C=O) groups excluding carboxylic acids is 3. The van der Waals surface area contributed by atoms with Gasteiger partial charge in [0.05, 0.1) is 0 Å². The Morgan fingerprint density at radius 2 is 0.565 bits per heavy atom. The second-order valence-electron chi connectivity index (χ2n) is 17.7. The third-order valence-corrected chi connectivity index (χ3v) is 11.1. The van der Waals surface area contributed by atoms with Gasteiger partial charge in [0.25, 0.3) is 0 Å². The van der Waals surface area contributed by atoms with Gasteiger partial charge in [-0.05, 0) is 141 Å². The van der Waals surface area contributed by atoms with Crippen molar-refractivity contribution in [2.45, 2.75) is 232 Å². The maximum Gasteiger partial charge on any atom is 0.306 e. The highest BCUT2D eigenvalue weighted by molar-refractivity contribution is 5.71. The largest absolute Gasteiger partial charge is 0.462 e. The van der Waals surface area contributed by atoms with Gasteiger partial charge in [0.1, 0.15) is 13.2 Å². The molecule has 0 aliphatic rings. The number of carbonyl (C=O) groups is 3. The topological polar surface area (TPSA) is 78.9 Å². The standard InChI is InChI=1S/C63H100O6/c1-4-7-10-13-16-19-22-25-28-30-31-33-36-38-41-44-47-50-53-56-62(65)68-59-60(69-63(66)57-54-51-48-45-42-39-34-27-24-21-18-15-12-9-6-3)58-67-61(64)55-52-49-46-43-40-37-35-32-29-26-23-20-17-14-11-8-5-2/h9,12,16-21,25-29,31,33-35,37-38,41-42,45,60H,4-8,10-11,13-15,22-24,30,32,36,39-40,43-44,46-59H2,1-3H3/b12-9-,19-16-,20-17-,21-18-,28-25-,29-26-,33-31-,34-27-,37-35-,41-38-,45-42-/t60-/m0/s1. The first kappa shape index (κ1) is 64.5. The van der Waals surface area contributed by atoms with Crippen LogP contribution in [0, 0.1) is 0 Å². The Labute approximate surface area is 424 Å². The number of allylic oxidation sites excluding steroid dienone is 22. The fourth-order valence-corrected chi connectivity index (χ4v) is 6.95. The van der Waals surface area contributed by atoms with E-state index < -0.39 is 6.10 Å². The van der Waals surface area contributed by atoms with Crippen LogP contribution in [0.5, 0.6) is 0 Å². The Morgan fingerprint density at radius 3 is 0.913 bits per heavy atom. The summed E-state index contributed by atoms with van der Waals surface area (Å²) >= 11 is 0. The van der Waals surface area contributed by atoms with Gasteiger partial charge in [-0.3, -0.25) is 14.4 Å². The molecule has 0 aliphatic carbocycles. The molecule has 0 aromatic rings. The lowest BCUT2D eigenvalue weighted by Gasteiger charge is -2.18. The van der Waals surface area contributed by atoms with E-state index in [9.17, 15) is 14.4 Å². The lowest BCUT2D eigenvalue weighted by Crippen LogP contribution is -2.30. The predicted octanol–water partition coefficient (Wildman–Crippen LogP) is 18.6. The Hall–Kier alpha value is -4.45. The van der Waals surface area contributed by atoms with Gasteiger partial charge in [0, 0.05) is 19.3 Å². The lowest BCUT2D eigenvalue weighted by molar-refractivity contribution is -0.167. The van der Waals surface area contributed by atoms with Crippen LogP contribution >= 0.6 is 0 Å². The minimum atomic E-state index is -0.828. The third kappa shape index (κ3) is 54.4. The fraction of sp³-hybridized carbons (Fsp3) is 0.603. The smallest absolute Gasteiger partial charge is 0.306 e. The van der Waals surface area contributed by atoms with Gasteiger partial charge >= 0.3 is 17.9 Å². The van der Waals surface area contributed by atoms with E-state index in [1.807, 2.05) is 0 Å². The number of esters is 3. The van der Waals surface area contributed by atoms with Gasteiger partial charge in [-0.15, -0.1) is 0 Å². The molecule has 0 aromatic carbocycles. The van der Waals surface area contributed by atoms with Crippen LogP contribution in [0.1, 0.15) is 226 Å². The second kappa shape index (κ2) is 56.1. The first-order valence-corrected chi connectivity index (χ1v) is 27.7. The zero-order valence-electron chi connectivity index (χ0n) is 44.3. The lowest BCUT2D eigenvalue weighted by atomic mass is 10.1. The zero-order valence-corrected chi connectivity index (χ0v) is 44.3. The maximum absolute atomic E-state index is 12.8. The molecule has 0 rings (SSSR count). The summed E-state index contributed by atoms with van der Waals surface area (Å²) in [4.78, 5) is 38.1. The van der Waals surface area contributed by atoms with Crippen LogP contribution in [-0.2, 0) is 28.6 Å².